The van der Waals surface area contributed by atoms with Crippen LogP contribution in [0.3, 0.4) is 0 Å². The lowest BCUT2D eigenvalue weighted by atomic mass is 9.79. The third-order valence-corrected chi connectivity index (χ3v) is 5.62. The molecule has 2 aromatic carbocycles. The number of halogens is 2. The van der Waals surface area contributed by atoms with Gasteiger partial charge in [-0.1, -0.05) is 6.07 Å². The van der Waals surface area contributed by atoms with Gasteiger partial charge in [-0.2, -0.15) is 0 Å². The Morgan fingerprint density at radius 2 is 1.91 bits per heavy atom. The second-order valence-electron chi connectivity index (χ2n) is 7.83. The Bertz CT molecular complexity index is 1110. The van der Waals surface area contributed by atoms with Crippen molar-refractivity contribution in [2.75, 3.05) is 19.7 Å². The minimum atomic E-state index is -1.74. The molecule has 0 bridgehead atoms. The summed E-state index contributed by atoms with van der Waals surface area (Å²) in [5.74, 6) is -4.73. The predicted molar refractivity (Wildman–Crippen MR) is 117 cm³/mol. The minimum Gasteiger partial charge on any atom is -0.494 e. The van der Waals surface area contributed by atoms with Crippen molar-refractivity contribution in [2.45, 2.75) is 24.8 Å². The molecule has 5 N–H and O–H groups in total. The zero-order valence-corrected chi connectivity index (χ0v) is 18.1. The summed E-state index contributed by atoms with van der Waals surface area (Å²) < 4.78 is 34.2. The fraction of sp³-hybridized carbons (Fsp3) is 0.304. The Labute approximate surface area is 194 Å². The summed E-state index contributed by atoms with van der Waals surface area (Å²) in [4.78, 5) is 37.7. The van der Waals surface area contributed by atoms with Gasteiger partial charge in [0.05, 0.1) is 18.6 Å². The monoisotopic (exact) mass is 474 g/mol. The summed E-state index contributed by atoms with van der Waals surface area (Å²) in [7, 11) is 0. The number of carbonyl (C=O) groups excluding carboxylic acids is 2. The van der Waals surface area contributed by atoms with Crippen molar-refractivity contribution < 1.29 is 33.0 Å². The van der Waals surface area contributed by atoms with Gasteiger partial charge in [-0.3, -0.25) is 19.8 Å². The summed E-state index contributed by atoms with van der Waals surface area (Å²) >= 11 is 0. The molecule has 1 heterocycles. The molecular formula is C23H24F2N4O5. The number of carboxylic acid groups (broad SMARTS) is 1. The highest BCUT2D eigenvalue weighted by atomic mass is 19.1. The van der Waals surface area contributed by atoms with Crippen LogP contribution < -0.4 is 15.8 Å². The summed E-state index contributed by atoms with van der Waals surface area (Å²) in [6.07, 6.45) is -0.571. The van der Waals surface area contributed by atoms with Crippen molar-refractivity contribution in [3.8, 4) is 5.75 Å². The topological polar surface area (TPSA) is 146 Å². The van der Waals surface area contributed by atoms with Crippen molar-refractivity contribution in [3.63, 3.8) is 0 Å². The van der Waals surface area contributed by atoms with Crippen LogP contribution in [0.4, 0.5) is 8.78 Å². The number of hydrogen-bond acceptors (Lipinski definition) is 5. The highest BCUT2D eigenvalue weighted by Crippen LogP contribution is 2.39. The molecule has 0 saturated carbocycles. The lowest BCUT2D eigenvalue weighted by molar-refractivity contribution is -0.157. The average molecular weight is 474 g/mol. The van der Waals surface area contributed by atoms with Crippen LogP contribution >= 0.6 is 0 Å². The average Bonchev–Trinajstić information content (AvgIpc) is 2.78. The number of nitrogens with zero attached hydrogens (tertiary/aromatic N) is 1. The van der Waals surface area contributed by atoms with Crippen LogP contribution in [0, 0.1) is 17.0 Å². The molecule has 0 aliphatic carbocycles. The van der Waals surface area contributed by atoms with Gasteiger partial charge in [-0.05, 0) is 43.2 Å². The Balaban J connectivity index is 1.89. The van der Waals surface area contributed by atoms with E-state index in [2.05, 4.69) is 5.32 Å². The minimum absolute atomic E-state index is 0.0396. The Morgan fingerprint density at radius 1 is 1.21 bits per heavy atom. The molecule has 1 fully saturated rings. The molecule has 11 heteroatoms. The first kappa shape index (κ1) is 24.6. The molecule has 3 rings (SSSR count). The first-order valence-electron chi connectivity index (χ1n) is 10.5. The van der Waals surface area contributed by atoms with Gasteiger partial charge >= 0.3 is 17.8 Å². The molecule has 180 valence electrons. The molecule has 0 spiro atoms. The van der Waals surface area contributed by atoms with Crippen LogP contribution in [0.1, 0.15) is 30.4 Å². The normalized spacial score (nSPS) is 15.4. The van der Waals surface area contributed by atoms with Gasteiger partial charge in [0, 0.05) is 30.3 Å². The van der Waals surface area contributed by atoms with E-state index in [9.17, 15) is 28.3 Å². The van der Waals surface area contributed by atoms with Crippen LogP contribution in [-0.2, 0) is 19.9 Å². The number of rotatable bonds is 10. The number of nitrogen functional groups attached to an aromatic ring is 1. The zero-order chi connectivity index (χ0) is 24.9. The lowest BCUT2D eigenvalue weighted by Gasteiger charge is -2.45. The fourth-order valence-electron chi connectivity index (χ4n) is 4.09. The van der Waals surface area contributed by atoms with Crippen LogP contribution in [0.25, 0.3) is 0 Å². The summed E-state index contributed by atoms with van der Waals surface area (Å²) in [6.45, 7) is 0.105. The van der Waals surface area contributed by atoms with E-state index < -0.39 is 41.4 Å². The highest BCUT2D eigenvalue weighted by molar-refractivity contribution is 6.35. The van der Waals surface area contributed by atoms with E-state index in [-0.39, 0.29) is 43.9 Å². The molecular weight excluding hydrogens is 450 g/mol. The van der Waals surface area contributed by atoms with E-state index in [1.54, 1.807) is 24.3 Å². The molecule has 1 unspecified atom stereocenters. The summed E-state index contributed by atoms with van der Waals surface area (Å²) in [5.41, 5.74) is 4.01. The molecule has 0 radical (unpaired) electrons. The van der Waals surface area contributed by atoms with Crippen LogP contribution in [0.5, 0.6) is 5.75 Å². The maximum Gasteiger partial charge on any atom is 0.312 e. The van der Waals surface area contributed by atoms with Gasteiger partial charge in [-0.25, -0.2) is 8.78 Å². The smallest absolute Gasteiger partial charge is 0.312 e. The number of aliphatic carboxylic acids is 1. The first-order valence-corrected chi connectivity index (χ1v) is 10.5. The Hall–Kier alpha value is -4.02. The van der Waals surface area contributed by atoms with Gasteiger partial charge < -0.3 is 25.8 Å². The SMILES string of the molecule is N=C(N)c1ccc(OCCCC(CC(=O)O)(c2ccc(F)cc2F)N2CCNC(=O)C2=O)cc1. The number of amidine groups is 1. The van der Waals surface area contributed by atoms with Gasteiger partial charge in [0.2, 0.25) is 0 Å². The molecule has 1 aliphatic heterocycles. The first-order chi connectivity index (χ1) is 16.1. The van der Waals surface area contributed by atoms with Gasteiger partial charge in [0.25, 0.3) is 0 Å². The van der Waals surface area contributed by atoms with Crippen molar-refractivity contribution >= 4 is 23.6 Å². The van der Waals surface area contributed by atoms with Crippen molar-refractivity contribution in [1.29, 1.82) is 5.41 Å². The molecule has 1 saturated heterocycles. The second-order valence-corrected chi connectivity index (χ2v) is 7.83. The van der Waals surface area contributed by atoms with E-state index in [1.165, 1.54) is 0 Å². The molecule has 2 amide bonds. The van der Waals surface area contributed by atoms with Crippen LogP contribution in [0.15, 0.2) is 42.5 Å². The molecule has 9 nitrogen and oxygen atoms in total. The third-order valence-electron chi connectivity index (χ3n) is 5.62. The van der Waals surface area contributed by atoms with Crippen molar-refractivity contribution in [2.24, 2.45) is 5.73 Å². The van der Waals surface area contributed by atoms with E-state index in [1.807, 2.05) is 0 Å². The number of piperazine rings is 1. The number of nitrogens with one attached hydrogen (secondary N) is 2. The van der Waals surface area contributed by atoms with E-state index >= 15 is 0 Å². The standard InChI is InChI=1S/C23H24F2N4O5/c24-15-4-7-17(18(25)12-15)23(13-19(30)31,29-10-9-28-21(32)22(29)33)8-1-11-34-16-5-2-14(3-6-16)20(26)27/h2-7,12H,1,8-11,13H2,(H3,26,27)(H,28,32)(H,30,31). The predicted octanol–water partition coefficient (Wildman–Crippen LogP) is 1.74. The summed E-state index contributed by atoms with van der Waals surface area (Å²) in [6, 6.07) is 9.13. The number of carboxylic acids is 1. The van der Waals surface area contributed by atoms with E-state index in [0.29, 0.717) is 17.4 Å². The Kier molecular flexibility index (Phi) is 7.44. The van der Waals surface area contributed by atoms with Gasteiger partial charge in [0.15, 0.2) is 0 Å². The molecule has 34 heavy (non-hydrogen) atoms. The number of hydrogen-bond donors (Lipinski definition) is 4. The van der Waals surface area contributed by atoms with Crippen molar-refractivity contribution in [3.05, 3.63) is 65.2 Å². The fourth-order valence-corrected chi connectivity index (χ4v) is 4.09. The molecule has 2 aromatic rings. The summed E-state index contributed by atoms with van der Waals surface area (Å²) in [5, 5.41) is 19.4. The largest absolute Gasteiger partial charge is 0.494 e. The molecule has 1 atom stereocenters. The highest BCUT2D eigenvalue weighted by Gasteiger charge is 2.47. The lowest BCUT2D eigenvalue weighted by Crippen LogP contribution is -2.61. The van der Waals surface area contributed by atoms with Gasteiger partial charge in [0.1, 0.15) is 23.2 Å². The van der Waals surface area contributed by atoms with Crippen LogP contribution in [0.2, 0.25) is 0 Å². The Morgan fingerprint density at radius 3 is 2.53 bits per heavy atom. The number of amides is 2. The van der Waals surface area contributed by atoms with Crippen LogP contribution in [-0.4, -0.2) is 53.3 Å². The maximum absolute atomic E-state index is 14.9. The number of carbonyl (C=O) groups is 3. The van der Waals surface area contributed by atoms with Gasteiger partial charge in [-0.15, -0.1) is 0 Å². The third kappa shape index (κ3) is 5.30. The van der Waals surface area contributed by atoms with E-state index in [0.717, 1.165) is 17.0 Å². The zero-order valence-electron chi connectivity index (χ0n) is 18.1. The number of nitrogens with two attached hydrogens (primary N) is 1. The van der Waals surface area contributed by atoms with Crippen molar-refractivity contribution in [1.82, 2.24) is 10.2 Å². The molecule has 0 aromatic heterocycles. The quantitative estimate of drug-likeness (QED) is 0.179. The maximum atomic E-state index is 14.9. The second kappa shape index (κ2) is 10.3. The molecule has 1 aliphatic rings. The number of ether oxygens (including phenoxy) is 1. The number of benzene rings is 2. The van der Waals surface area contributed by atoms with E-state index in [4.69, 9.17) is 15.9 Å².